The molecule has 0 aliphatic carbocycles. The number of pyridine rings is 1. The SMILES string of the molecule is CCCO[C@@H](c1ccc(C)cn1)[C@H](C)S(=O)(=O)Nc1nnc([C@H]2CCOC2)n1-c1c(OC)cccc1OC. The van der Waals surface area contributed by atoms with Gasteiger partial charge in [-0.25, -0.2) is 8.42 Å². The molecule has 206 valence electrons. The van der Waals surface area contributed by atoms with Gasteiger partial charge in [0.15, 0.2) is 0 Å². The second kappa shape index (κ2) is 12.1. The Labute approximate surface area is 223 Å². The molecule has 1 N–H and O–H groups in total. The van der Waals surface area contributed by atoms with Crippen LogP contribution < -0.4 is 14.2 Å². The van der Waals surface area contributed by atoms with E-state index in [0.717, 1.165) is 18.4 Å². The van der Waals surface area contributed by atoms with Gasteiger partial charge >= 0.3 is 0 Å². The first kappa shape index (κ1) is 27.8. The van der Waals surface area contributed by atoms with E-state index in [1.165, 1.54) is 14.2 Å². The maximum Gasteiger partial charge on any atom is 0.243 e. The van der Waals surface area contributed by atoms with Crippen molar-refractivity contribution in [3.63, 3.8) is 0 Å². The van der Waals surface area contributed by atoms with Gasteiger partial charge in [-0.3, -0.25) is 14.3 Å². The molecule has 2 aromatic heterocycles. The second-order valence-corrected chi connectivity index (χ2v) is 11.2. The van der Waals surface area contributed by atoms with E-state index in [-0.39, 0.29) is 11.9 Å². The van der Waals surface area contributed by atoms with Crippen LogP contribution >= 0.6 is 0 Å². The third-order valence-corrected chi connectivity index (χ3v) is 8.18. The highest BCUT2D eigenvalue weighted by Gasteiger charge is 2.36. The van der Waals surface area contributed by atoms with Crippen LogP contribution in [0.25, 0.3) is 5.69 Å². The third kappa shape index (κ3) is 5.77. The molecule has 3 aromatic rings. The zero-order valence-electron chi connectivity index (χ0n) is 22.4. The van der Waals surface area contributed by atoms with E-state index in [2.05, 4.69) is 19.9 Å². The molecule has 1 saturated heterocycles. The highest BCUT2D eigenvalue weighted by Crippen LogP contribution is 2.38. The lowest BCUT2D eigenvalue weighted by atomic mass is 10.1. The number of nitrogens with one attached hydrogen (secondary N) is 1. The van der Waals surface area contributed by atoms with Gasteiger partial charge in [-0.15, -0.1) is 10.2 Å². The van der Waals surface area contributed by atoms with Crippen LogP contribution in [0.3, 0.4) is 0 Å². The van der Waals surface area contributed by atoms with Crippen molar-refractivity contribution in [2.45, 2.75) is 50.9 Å². The molecule has 0 bridgehead atoms. The van der Waals surface area contributed by atoms with Crippen LogP contribution in [0.2, 0.25) is 0 Å². The van der Waals surface area contributed by atoms with Crippen LogP contribution in [0.1, 0.15) is 55.8 Å². The highest BCUT2D eigenvalue weighted by atomic mass is 32.2. The summed E-state index contributed by atoms with van der Waals surface area (Å²) in [5, 5.41) is 7.65. The number of aromatic nitrogens is 4. The molecule has 3 atom stereocenters. The number of nitrogens with zero attached hydrogens (tertiary/aromatic N) is 4. The first-order chi connectivity index (χ1) is 18.3. The van der Waals surface area contributed by atoms with Gasteiger partial charge in [0.25, 0.3) is 0 Å². The molecule has 4 rings (SSSR count). The van der Waals surface area contributed by atoms with Crippen molar-refractivity contribution >= 4 is 16.0 Å². The molecule has 1 aromatic carbocycles. The maximum absolute atomic E-state index is 13.8. The summed E-state index contributed by atoms with van der Waals surface area (Å²) in [5.41, 5.74) is 2.01. The molecule has 1 fully saturated rings. The van der Waals surface area contributed by atoms with E-state index in [0.29, 0.717) is 48.5 Å². The quantitative estimate of drug-likeness (QED) is 0.362. The van der Waals surface area contributed by atoms with Crippen LogP contribution in [0, 0.1) is 6.92 Å². The van der Waals surface area contributed by atoms with Crippen molar-refractivity contribution in [1.29, 1.82) is 0 Å². The predicted molar refractivity (Wildman–Crippen MR) is 143 cm³/mol. The van der Waals surface area contributed by atoms with Crippen molar-refractivity contribution in [2.75, 3.05) is 38.8 Å². The molecular weight excluding hydrogens is 510 g/mol. The summed E-state index contributed by atoms with van der Waals surface area (Å²) in [4.78, 5) is 4.44. The lowest BCUT2D eigenvalue weighted by molar-refractivity contribution is 0.0498. The zero-order valence-corrected chi connectivity index (χ0v) is 23.2. The Bertz CT molecular complexity index is 1300. The summed E-state index contributed by atoms with van der Waals surface area (Å²) in [7, 11) is -0.955. The van der Waals surface area contributed by atoms with Crippen molar-refractivity contribution in [3.05, 3.63) is 53.6 Å². The molecule has 3 heterocycles. The lowest BCUT2D eigenvalue weighted by Gasteiger charge is -2.25. The van der Waals surface area contributed by atoms with Crippen LogP contribution in [0.5, 0.6) is 11.5 Å². The number of aryl methyl sites for hydroxylation is 1. The van der Waals surface area contributed by atoms with Gasteiger partial charge in [0.2, 0.25) is 16.0 Å². The molecule has 0 saturated carbocycles. The largest absolute Gasteiger partial charge is 0.494 e. The minimum absolute atomic E-state index is 0.0210. The number of sulfonamides is 1. The zero-order chi connectivity index (χ0) is 27.3. The monoisotopic (exact) mass is 545 g/mol. The second-order valence-electron chi connectivity index (χ2n) is 9.19. The Kier molecular flexibility index (Phi) is 8.85. The van der Waals surface area contributed by atoms with Crippen LogP contribution in [-0.2, 0) is 19.5 Å². The molecule has 0 spiro atoms. The smallest absolute Gasteiger partial charge is 0.243 e. The van der Waals surface area contributed by atoms with E-state index < -0.39 is 21.4 Å². The van der Waals surface area contributed by atoms with Crippen molar-refractivity contribution in [1.82, 2.24) is 19.7 Å². The molecule has 1 aliphatic rings. The Morgan fingerprint density at radius 2 is 1.89 bits per heavy atom. The first-order valence-electron chi connectivity index (χ1n) is 12.6. The average Bonchev–Trinajstić information content (AvgIpc) is 3.59. The summed E-state index contributed by atoms with van der Waals surface area (Å²) >= 11 is 0. The van der Waals surface area contributed by atoms with Gasteiger partial charge in [0, 0.05) is 25.3 Å². The molecule has 0 unspecified atom stereocenters. The van der Waals surface area contributed by atoms with E-state index in [1.807, 2.05) is 19.9 Å². The van der Waals surface area contributed by atoms with Gasteiger partial charge in [0.1, 0.15) is 34.4 Å². The van der Waals surface area contributed by atoms with E-state index >= 15 is 0 Å². The number of para-hydroxylation sites is 1. The summed E-state index contributed by atoms with van der Waals surface area (Å²) in [6, 6.07) is 9.01. The topological polar surface area (TPSA) is 127 Å². The average molecular weight is 546 g/mol. The van der Waals surface area contributed by atoms with Gasteiger partial charge in [-0.05, 0) is 50.5 Å². The molecular formula is C26H35N5O6S. The van der Waals surface area contributed by atoms with E-state index in [1.54, 1.807) is 42.0 Å². The van der Waals surface area contributed by atoms with Gasteiger partial charge < -0.3 is 18.9 Å². The number of hydrogen-bond acceptors (Lipinski definition) is 9. The van der Waals surface area contributed by atoms with E-state index in [4.69, 9.17) is 18.9 Å². The standard InChI is InChI=1S/C26H35N5O6S/c1-6-13-37-24(20-11-10-17(2)15-27-20)18(3)38(32,33)30-26-29-28-25(19-12-14-36-16-19)31(26)23-21(34-4)8-7-9-22(23)35-5/h7-11,15,18-19,24H,6,12-14,16H2,1-5H3,(H,29,30)/t18-,19-,24+/m0/s1. The van der Waals surface area contributed by atoms with Crippen LogP contribution in [0.4, 0.5) is 5.95 Å². The number of ether oxygens (including phenoxy) is 4. The number of hydrogen-bond donors (Lipinski definition) is 1. The summed E-state index contributed by atoms with van der Waals surface area (Å²) in [6.07, 6.45) is 2.38. The van der Waals surface area contributed by atoms with Crippen LogP contribution in [0.15, 0.2) is 36.5 Å². The minimum Gasteiger partial charge on any atom is -0.494 e. The van der Waals surface area contributed by atoms with Crippen molar-refractivity contribution < 1.29 is 27.4 Å². The Balaban J connectivity index is 1.77. The number of anilines is 1. The fraction of sp³-hybridized carbons (Fsp3) is 0.500. The van der Waals surface area contributed by atoms with Crippen LogP contribution in [-0.4, -0.2) is 67.5 Å². The van der Waals surface area contributed by atoms with Crippen molar-refractivity contribution in [3.8, 4) is 17.2 Å². The van der Waals surface area contributed by atoms with Gasteiger partial charge in [-0.1, -0.05) is 19.1 Å². The molecule has 0 radical (unpaired) electrons. The fourth-order valence-corrected chi connectivity index (χ4v) is 5.49. The van der Waals surface area contributed by atoms with E-state index in [9.17, 15) is 8.42 Å². The summed E-state index contributed by atoms with van der Waals surface area (Å²) < 4.78 is 54.7. The number of methoxy groups -OCH3 is 2. The molecule has 11 nitrogen and oxygen atoms in total. The Morgan fingerprint density at radius 3 is 2.47 bits per heavy atom. The Morgan fingerprint density at radius 1 is 1.16 bits per heavy atom. The van der Waals surface area contributed by atoms with Crippen molar-refractivity contribution in [2.24, 2.45) is 0 Å². The fourth-order valence-electron chi connectivity index (χ4n) is 4.37. The first-order valence-corrected chi connectivity index (χ1v) is 14.2. The Hall–Kier alpha value is -3.22. The predicted octanol–water partition coefficient (Wildman–Crippen LogP) is 3.79. The molecule has 12 heteroatoms. The lowest BCUT2D eigenvalue weighted by Crippen LogP contribution is -2.33. The third-order valence-electron chi connectivity index (χ3n) is 6.48. The number of rotatable bonds is 12. The number of benzene rings is 1. The normalized spacial score (nSPS) is 17.2. The highest BCUT2D eigenvalue weighted by molar-refractivity contribution is 7.93. The van der Waals surface area contributed by atoms with Gasteiger partial charge in [0.05, 0.1) is 26.5 Å². The molecule has 0 amide bonds. The summed E-state index contributed by atoms with van der Waals surface area (Å²) in [6.45, 7) is 6.91. The summed E-state index contributed by atoms with van der Waals surface area (Å²) in [5.74, 6) is 1.45. The molecule has 38 heavy (non-hydrogen) atoms. The van der Waals surface area contributed by atoms with Gasteiger partial charge in [-0.2, -0.15) is 0 Å². The maximum atomic E-state index is 13.8. The molecule has 1 aliphatic heterocycles. The minimum atomic E-state index is -4.03.